The predicted molar refractivity (Wildman–Crippen MR) is 108 cm³/mol. The molecule has 3 aromatic rings. The summed E-state index contributed by atoms with van der Waals surface area (Å²) in [7, 11) is 0. The number of aliphatic hydroxyl groups excluding tert-OH is 1. The molecule has 0 saturated heterocycles. The molecule has 0 aliphatic carbocycles. The van der Waals surface area contributed by atoms with Crippen molar-refractivity contribution in [1.82, 2.24) is 14.7 Å². The summed E-state index contributed by atoms with van der Waals surface area (Å²) >= 11 is 1.65. The number of aliphatic hydroxyl groups is 1. The third-order valence-corrected chi connectivity index (χ3v) is 5.88. The lowest BCUT2D eigenvalue weighted by Gasteiger charge is -2.21. The number of cyclic esters (lactones) is 1. The van der Waals surface area contributed by atoms with Gasteiger partial charge in [-0.05, 0) is 42.0 Å². The Morgan fingerprint density at radius 1 is 1.32 bits per heavy atom. The van der Waals surface area contributed by atoms with Gasteiger partial charge in [-0.3, -0.25) is 4.90 Å². The van der Waals surface area contributed by atoms with Crippen LogP contribution >= 0.6 is 11.3 Å². The molecule has 3 heterocycles. The molecule has 1 aromatic carbocycles. The SMILES string of the molecule is Cc1c(CCN(CCO)Cc2cnn(-c3ccsc3)c2)ccc2c1COC2=O. The van der Waals surface area contributed by atoms with E-state index in [0.29, 0.717) is 18.7 Å². The third-order valence-electron chi connectivity index (χ3n) is 5.20. The Hall–Kier alpha value is -2.48. The molecular formula is C21H23N3O3S. The maximum absolute atomic E-state index is 11.7. The van der Waals surface area contributed by atoms with Gasteiger partial charge in [0.1, 0.15) is 6.61 Å². The number of fused-ring (bicyclic) bond motifs is 1. The van der Waals surface area contributed by atoms with Crippen LogP contribution in [0.5, 0.6) is 0 Å². The van der Waals surface area contributed by atoms with E-state index in [-0.39, 0.29) is 12.6 Å². The highest BCUT2D eigenvalue weighted by molar-refractivity contribution is 7.08. The Morgan fingerprint density at radius 3 is 3.00 bits per heavy atom. The number of hydrogen-bond acceptors (Lipinski definition) is 6. The molecule has 28 heavy (non-hydrogen) atoms. The van der Waals surface area contributed by atoms with Gasteiger partial charge in [0.15, 0.2) is 0 Å². The summed E-state index contributed by atoms with van der Waals surface area (Å²) in [5, 5.41) is 18.0. The summed E-state index contributed by atoms with van der Waals surface area (Å²) in [5.74, 6) is -0.228. The molecule has 0 fully saturated rings. The Kier molecular flexibility index (Phi) is 5.57. The van der Waals surface area contributed by atoms with Gasteiger partial charge < -0.3 is 9.84 Å². The standard InChI is InChI=1S/C21H23N3O3S/c1-15-17(2-3-19-20(15)13-27-21(19)26)4-6-23(7-8-25)11-16-10-22-24(12-16)18-5-9-28-14-18/h2-3,5,9-10,12,14,25H,4,6-8,11,13H2,1H3. The lowest BCUT2D eigenvalue weighted by molar-refractivity contribution is 0.0535. The number of aromatic nitrogens is 2. The second kappa shape index (κ2) is 8.26. The highest BCUT2D eigenvalue weighted by Crippen LogP contribution is 2.26. The van der Waals surface area contributed by atoms with E-state index in [1.54, 1.807) is 11.3 Å². The molecule has 0 radical (unpaired) electrons. The van der Waals surface area contributed by atoms with Gasteiger partial charge in [-0.15, -0.1) is 0 Å². The topological polar surface area (TPSA) is 67.6 Å². The first-order valence-corrected chi connectivity index (χ1v) is 10.3. The van der Waals surface area contributed by atoms with Crippen LogP contribution in [-0.2, 0) is 24.3 Å². The molecule has 6 nitrogen and oxygen atoms in total. The minimum absolute atomic E-state index is 0.115. The van der Waals surface area contributed by atoms with E-state index in [1.807, 2.05) is 40.7 Å². The molecule has 0 saturated carbocycles. The first-order valence-electron chi connectivity index (χ1n) is 9.33. The number of rotatable bonds is 8. The van der Waals surface area contributed by atoms with E-state index in [4.69, 9.17) is 4.74 Å². The van der Waals surface area contributed by atoms with Gasteiger partial charge in [0.05, 0.1) is 24.1 Å². The van der Waals surface area contributed by atoms with Gasteiger partial charge in [0, 0.05) is 42.3 Å². The number of benzene rings is 1. The van der Waals surface area contributed by atoms with Crippen LogP contribution < -0.4 is 0 Å². The third kappa shape index (κ3) is 3.87. The van der Waals surface area contributed by atoms with Crippen LogP contribution in [0.1, 0.15) is 32.6 Å². The van der Waals surface area contributed by atoms with Gasteiger partial charge in [-0.1, -0.05) is 6.07 Å². The van der Waals surface area contributed by atoms with Gasteiger partial charge in [-0.2, -0.15) is 16.4 Å². The highest BCUT2D eigenvalue weighted by Gasteiger charge is 2.23. The monoisotopic (exact) mass is 397 g/mol. The molecule has 0 unspecified atom stereocenters. The van der Waals surface area contributed by atoms with E-state index in [2.05, 4.69) is 22.3 Å². The molecular weight excluding hydrogens is 374 g/mol. The van der Waals surface area contributed by atoms with Gasteiger partial charge in [0.2, 0.25) is 0 Å². The fourth-order valence-electron chi connectivity index (χ4n) is 3.59. The molecule has 7 heteroatoms. The Bertz CT molecular complexity index is 965. The quantitative estimate of drug-likeness (QED) is 0.592. The molecule has 0 atom stereocenters. The molecule has 1 N–H and O–H groups in total. The largest absolute Gasteiger partial charge is 0.457 e. The Balaban J connectivity index is 1.43. The van der Waals surface area contributed by atoms with E-state index in [1.165, 1.54) is 5.56 Å². The number of carbonyl (C=O) groups is 1. The first-order chi connectivity index (χ1) is 13.7. The minimum Gasteiger partial charge on any atom is -0.457 e. The van der Waals surface area contributed by atoms with Gasteiger partial charge in [0.25, 0.3) is 0 Å². The van der Waals surface area contributed by atoms with Crippen molar-refractivity contribution in [3.05, 3.63) is 69.2 Å². The molecule has 0 amide bonds. The summed E-state index contributed by atoms with van der Waals surface area (Å²) in [4.78, 5) is 13.9. The van der Waals surface area contributed by atoms with E-state index in [0.717, 1.165) is 41.9 Å². The predicted octanol–water partition coefficient (Wildman–Crippen LogP) is 2.95. The van der Waals surface area contributed by atoms with Crippen molar-refractivity contribution in [1.29, 1.82) is 0 Å². The van der Waals surface area contributed by atoms with Crippen molar-refractivity contribution in [2.45, 2.75) is 26.5 Å². The van der Waals surface area contributed by atoms with Crippen LogP contribution in [0.15, 0.2) is 41.4 Å². The van der Waals surface area contributed by atoms with Crippen molar-refractivity contribution in [3.63, 3.8) is 0 Å². The molecule has 4 rings (SSSR count). The average Bonchev–Trinajstić information content (AvgIpc) is 3.42. The normalized spacial score (nSPS) is 13.2. The summed E-state index contributed by atoms with van der Waals surface area (Å²) in [6, 6.07) is 5.93. The van der Waals surface area contributed by atoms with Crippen molar-refractivity contribution < 1.29 is 14.6 Å². The Morgan fingerprint density at radius 2 is 2.21 bits per heavy atom. The number of hydrogen-bond donors (Lipinski definition) is 1. The number of nitrogens with zero attached hydrogens (tertiary/aromatic N) is 3. The van der Waals surface area contributed by atoms with E-state index < -0.39 is 0 Å². The van der Waals surface area contributed by atoms with E-state index in [9.17, 15) is 9.90 Å². The van der Waals surface area contributed by atoms with Crippen LogP contribution in [0.25, 0.3) is 5.69 Å². The lowest BCUT2D eigenvalue weighted by atomic mass is 9.96. The maximum atomic E-state index is 11.7. The molecule has 1 aliphatic rings. The van der Waals surface area contributed by atoms with Gasteiger partial charge in [-0.25, -0.2) is 9.48 Å². The zero-order valence-corrected chi connectivity index (χ0v) is 16.6. The highest BCUT2D eigenvalue weighted by atomic mass is 32.1. The Labute approximate surface area is 168 Å². The van der Waals surface area contributed by atoms with Crippen LogP contribution in [0, 0.1) is 6.92 Å². The van der Waals surface area contributed by atoms with E-state index >= 15 is 0 Å². The summed E-state index contributed by atoms with van der Waals surface area (Å²) in [6.07, 6.45) is 4.77. The van der Waals surface area contributed by atoms with Crippen molar-refractivity contribution in [3.8, 4) is 5.69 Å². The molecule has 1 aliphatic heterocycles. The number of thiophene rings is 1. The minimum atomic E-state index is -0.228. The second-order valence-corrected chi connectivity index (χ2v) is 7.76. The van der Waals surface area contributed by atoms with Crippen LogP contribution in [0.3, 0.4) is 0 Å². The fourth-order valence-corrected chi connectivity index (χ4v) is 4.21. The number of carbonyl (C=O) groups excluding carboxylic acids is 1. The summed E-state index contributed by atoms with van der Waals surface area (Å²) in [6.45, 7) is 4.70. The van der Waals surface area contributed by atoms with Crippen molar-refractivity contribution in [2.24, 2.45) is 0 Å². The van der Waals surface area contributed by atoms with Crippen molar-refractivity contribution in [2.75, 3.05) is 19.7 Å². The second-order valence-electron chi connectivity index (χ2n) is 6.98. The van der Waals surface area contributed by atoms with Crippen molar-refractivity contribution >= 4 is 17.3 Å². The van der Waals surface area contributed by atoms with Crippen LogP contribution in [0.4, 0.5) is 0 Å². The average molecular weight is 398 g/mol. The molecule has 0 spiro atoms. The molecule has 0 bridgehead atoms. The first kappa shape index (κ1) is 18.9. The van der Waals surface area contributed by atoms with Crippen LogP contribution in [0.2, 0.25) is 0 Å². The number of ether oxygens (including phenoxy) is 1. The number of esters is 1. The molecule has 146 valence electrons. The lowest BCUT2D eigenvalue weighted by Crippen LogP contribution is -2.28. The molecule has 2 aromatic heterocycles. The van der Waals surface area contributed by atoms with Gasteiger partial charge >= 0.3 is 5.97 Å². The smallest absolute Gasteiger partial charge is 0.338 e. The maximum Gasteiger partial charge on any atom is 0.338 e. The zero-order chi connectivity index (χ0) is 19.5. The summed E-state index contributed by atoms with van der Waals surface area (Å²) < 4.78 is 7.02. The summed E-state index contributed by atoms with van der Waals surface area (Å²) in [5.41, 5.74) is 6.23. The van der Waals surface area contributed by atoms with Crippen LogP contribution in [-0.4, -0.2) is 45.5 Å². The zero-order valence-electron chi connectivity index (χ0n) is 15.8. The fraction of sp³-hybridized carbons (Fsp3) is 0.333.